The Balaban J connectivity index is 1.36. The molecule has 0 radical (unpaired) electrons. The fraction of sp³-hybridized carbons (Fsp3) is 0.524. The van der Waals surface area contributed by atoms with Crippen LogP contribution in [0.15, 0.2) is 36.7 Å². The molecule has 4 nitrogen and oxygen atoms in total. The molecule has 1 saturated heterocycles. The van der Waals surface area contributed by atoms with E-state index in [1.54, 1.807) is 6.20 Å². The maximum absolute atomic E-state index is 13.8. The summed E-state index contributed by atoms with van der Waals surface area (Å²) in [5, 5.41) is 4.24. The van der Waals surface area contributed by atoms with E-state index in [9.17, 15) is 13.6 Å². The summed E-state index contributed by atoms with van der Waals surface area (Å²) in [6.07, 6.45) is 8.49. The van der Waals surface area contributed by atoms with Crippen molar-refractivity contribution in [2.24, 2.45) is 11.3 Å². The lowest BCUT2D eigenvalue weighted by molar-refractivity contribution is -0.139. The van der Waals surface area contributed by atoms with Crippen LogP contribution in [-0.4, -0.2) is 33.7 Å². The number of carbonyl (C=O) groups excluding carboxylic acids is 1. The number of benzene rings is 1. The van der Waals surface area contributed by atoms with Gasteiger partial charge in [0.25, 0.3) is 0 Å². The minimum absolute atomic E-state index is 0.165. The van der Waals surface area contributed by atoms with Crippen molar-refractivity contribution in [1.29, 1.82) is 0 Å². The molecule has 1 amide bonds. The minimum atomic E-state index is -0.477. The Bertz CT molecular complexity index is 782. The SMILES string of the molecule is O=C(N1CCCC(CCc2c(F)cccc2F)C1)C1(Cn2cccn2)CC1. The van der Waals surface area contributed by atoms with Gasteiger partial charge < -0.3 is 4.90 Å². The summed E-state index contributed by atoms with van der Waals surface area (Å²) in [5.74, 6) is -0.438. The molecule has 1 aliphatic heterocycles. The van der Waals surface area contributed by atoms with Gasteiger partial charge in [-0.1, -0.05) is 6.07 Å². The van der Waals surface area contributed by atoms with E-state index in [2.05, 4.69) is 5.10 Å². The average Bonchev–Trinajstić information content (AvgIpc) is 3.26. The van der Waals surface area contributed by atoms with E-state index in [0.717, 1.165) is 32.2 Å². The van der Waals surface area contributed by atoms with E-state index in [0.29, 0.717) is 31.8 Å². The number of hydrogen-bond acceptors (Lipinski definition) is 2. The van der Waals surface area contributed by atoms with Crippen molar-refractivity contribution in [3.8, 4) is 0 Å². The van der Waals surface area contributed by atoms with Crippen molar-refractivity contribution in [1.82, 2.24) is 14.7 Å². The standard InChI is InChI=1S/C21H25F2N3O/c22-18-5-1-6-19(23)17(18)8-7-16-4-2-12-25(14-16)20(27)21(9-10-21)15-26-13-3-11-24-26/h1,3,5-6,11,13,16H,2,4,7-10,12,14-15H2. The van der Waals surface area contributed by atoms with Gasteiger partial charge in [0.1, 0.15) is 11.6 Å². The first-order valence-electron chi connectivity index (χ1n) is 9.77. The first-order valence-corrected chi connectivity index (χ1v) is 9.77. The van der Waals surface area contributed by atoms with Crippen LogP contribution >= 0.6 is 0 Å². The number of halogens is 2. The van der Waals surface area contributed by atoms with Gasteiger partial charge in [0.05, 0.1) is 12.0 Å². The average molecular weight is 373 g/mol. The summed E-state index contributed by atoms with van der Waals surface area (Å²) in [4.78, 5) is 15.1. The smallest absolute Gasteiger partial charge is 0.230 e. The van der Waals surface area contributed by atoms with Gasteiger partial charge in [-0.25, -0.2) is 8.78 Å². The topological polar surface area (TPSA) is 38.1 Å². The first-order chi connectivity index (χ1) is 13.1. The molecule has 1 unspecified atom stereocenters. The van der Waals surface area contributed by atoms with E-state index in [1.807, 2.05) is 21.8 Å². The van der Waals surface area contributed by atoms with E-state index < -0.39 is 11.6 Å². The van der Waals surface area contributed by atoms with E-state index in [-0.39, 0.29) is 16.9 Å². The molecule has 0 N–H and O–H groups in total. The number of amides is 1. The molecule has 1 aromatic heterocycles. The molecule has 2 fully saturated rings. The molecule has 6 heteroatoms. The Hall–Kier alpha value is -2.24. The maximum Gasteiger partial charge on any atom is 0.230 e. The largest absolute Gasteiger partial charge is 0.342 e. The summed E-state index contributed by atoms with van der Waals surface area (Å²) in [7, 11) is 0. The third-order valence-electron chi connectivity index (χ3n) is 6.00. The van der Waals surface area contributed by atoms with Crippen LogP contribution in [0.4, 0.5) is 8.78 Å². The lowest BCUT2D eigenvalue weighted by Crippen LogP contribution is -2.45. The molecule has 2 aromatic rings. The Morgan fingerprint density at radius 3 is 2.67 bits per heavy atom. The molecule has 27 heavy (non-hydrogen) atoms. The van der Waals surface area contributed by atoms with Crippen LogP contribution in [0.3, 0.4) is 0 Å². The van der Waals surface area contributed by atoms with Crippen LogP contribution in [0.2, 0.25) is 0 Å². The number of hydrogen-bond donors (Lipinski definition) is 0. The summed E-state index contributed by atoms with van der Waals surface area (Å²) in [5.41, 5.74) is -0.135. The third-order valence-corrected chi connectivity index (χ3v) is 6.00. The van der Waals surface area contributed by atoms with Gasteiger partial charge in [0.2, 0.25) is 5.91 Å². The normalized spacial score (nSPS) is 21.3. The highest BCUT2D eigenvalue weighted by Gasteiger charge is 2.52. The Morgan fingerprint density at radius 2 is 2.00 bits per heavy atom. The van der Waals surface area contributed by atoms with E-state index in [4.69, 9.17) is 0 Å². The molecule has 1 aromatic carbocycles. The Morgan fingerprint density at radius 1 is 1.22 bits per heavy atom. The fourth-order valence-corrected chi connectivity index (χ4v) is 4.23. The van der Waals surface area contributed by atoms with Crippen molar-refractivity contribution in [3.63, 3.8) is 0 Å². The predicted molar refractivity (Wildman–Crippen MR) is 97.9 cm³/mol. The van der Waals surface area contributed by atoms with Crippen molar-refractivity contribution in [2.75, 3.05) is 13.1 Å². The highest BCUT2D eigenvalue weighted by Crippen LogP contribution is 2.49. The fourth-order valence-electron chi connectivity index (χ4n) is 4.23. The van der Waals surface area contributed by atoms with Gasteiger partial charge >= 0.3 is 0 Å². The molecule has 0 bridgehead atoms. The quantitative estimate of drug-likeness (QED) is 0.772. The summed E-state index contributed by atoms with van der Waals surface area (Å²) < 4.78 is 29.5. The van der Waals surface area contributed by atoms with E-state index >= 15 is 0 Å². The van der Waals surface area contributed by atoms with Crippen LogP contribution in [0.1, 0.15) is 37.7 Å². The van der Waals surface area contributed by atoms with Gasteiger partial charge in [0, 0.05) is 31.0 Å². The second-order valence-corrected chi connectivity index (χ2v) is 7.98. The maximum atomic E-state index is 13.8. The molecule has 2 aliphatic rings. The minimum Gasteiger partial charge on any atom is -0.342 e. The van der Waals surface area contributed by atoms with Gasteiger partial charge in [-0.05, 0) is 62.6 Å². The van der Waals surface area contributed by atoms with E-state index in [1.165, 1.54) is 18.2 Å². The molecular weight excluding hydrogens is 348 g/mol. The Kier molecular flexibility index (Phi) is 4.98. The number of carbonyl (C=O) groups is 1. The van der Waals surface area contributed by atoms with Crippen molar-refractivity contribution in [3.05, 3.63) is 53.9 Å². The van der Waals surface area contributed by atoms with Gasteiger partial charge in [0.15, 0.2) is 0 Å². The predicted octanol–water partition coefficient (Wildman–Crippen LogP) is 3.81. The van der Waals surface area contributed by atoms with Gasteiger partial charge in [-0.3, -0.25) is 9.48 Å². The number of aromatic nitrogens is 2. The van der Waals surface area contributed by atoms with Gasteiger partial charge in [-0.15, -0.1) is 0 Å². The lowest BCUT2D eigenvalue weighted by atomic mass is 9.90. The van der Waals surface area contributed by atoms with Crippen molar-refractivity contribution in [2.45, 2.75) is 45.1 Å². The summed E-state index contributed by atoms with van der Waals surface area (Å²) in [6.45, 7) is 2.11. The number of nitrogens with zero attached hydrogens (tertiary/aromatic N) is 3. The number of likely N-dealkylation sites (tertiary alicyclic amines) is 1. The van der Waals surface area contributed by atoms with Gasteiger partial charge in [-0.2, -0.15) is 5.10 Å². The van der Waals surface area contributed by atoms with Crippen LogP contribution in [0, 0.1) is 23.0 Å². The monoisotopic (exact) mass is 373 g/mol. The summed E-state index contributed by atoms with van der Waals surface area (Å²) >= 11 is 0. The zero-order valence-corrected chi connectivity index (χ0v) is 15.4. The number of rotatable bonds is 6. The van der Waals surface area contributed by atoms with Crippen LogP contribution in [0.5, 0.6) is 0 Å². The molecule has 1 aliphatic carbocycles. The molecule has 4 rings (SSSR count). The van der Waals surface area contributed by atoms with Crippen LogP contribution < -0.4 is 0 Å². The molecule has 1 saturated carbocycles. The Labute approximate surface area is 158 Å². The molecule has 144 valence electrons. The second-order valence-electron chi connectivity index (χ2n) is 7.98. The first kappa shape index (κ1) is 18.1. The molecule has 2 heterocycles. The molecular formula is C21H25F2N3O. The zero-order valence-electron chi connectivity index (χ0n) is 15.4. The zero-order chi connectivity index (χ0) is 18.9. The lowest BCUT2D eigenvalue weighted by Gasteiger charge is -2.35. The van der Waals surface area contributed by atoms with Crippen LogP contribution in [0.25, 0.3) is 0 Å². The molecule has 0 spiro atoms. The highest BCUT2D eigenvalue weighted by atomic mass is 19.1. The summed E-state index contributed by atoms with van der Waals surface area (Å²) in [6, 6.07) is 5.88. The third kappa shape index (κ3) is 3.89. The van der Waals surface area contributed by atoms with Crippen molar-refractivity contribution < 1.29 is 13.6 Å². The second kappa shape index (κ2) is 7.41. The highest BCUT2D eigenvalue weighted by molar-refractivity contribution is 5.85. The number of piperidine rings is 1. The van der Waals surface area contributed by atoms with Crippen molar-refractivity contribution >= 4 is 5.91 Å². The van der Waals surface area contributed by atoms with Crippen LogP contribution in [-0.2, 0) is 17.8 Å². The molecule has 1 atom stereocenters.